The summed E-state index contributed by atoms with van der Waals surface area (Å²) >= 11 is 0. The average molecular weight is 285 g/mol. The Hall–Kier alpha value is -1.14. The van der Waals surface area contributed by atoms with Crippen molar-refractivity contribution in [3.63, 3.8) is 0 Å². The van der Waals surface area contributed by atoms with Gasteiger partial charge in [-0.05, 0) is 27.7 Å². The molecule has 1 fully saturated rings. The Balaban J connectivity index is 2.37. The molecule has 2 N–H and O–H groups in total. The molecule has 1 aliphatic rings. The van der Waals surface area contributed by atoms with Crippen LogP contribution >= 0.6 is 0 Å². The molecular weight excluding hydrogens is 258 g/mol. The Morgan fingerprint density at radius 3 is 2.20 bits per heavy atom. The molecule has 1 unspecified atom stereocenters. The van der Waals surface area contributed by atoms with Crippen LogP contribution in [0.25, 0.3) is 0 Å². The van der Waals surface area contributed by atoms with Gasteiger partial charge in [0.15, 0.2) is 0 Å². The van der Waals surface area contributed by atoms with Crippen molar-refractivity contribution in [2.45, 2.75) is 45.7 Å². The lowest BCUT2D eigenvalue weighted by molar-refractivity contribution is -0.137. The van der Waals surface area contributed by atoms with Crippen molar-refractivity contribution in [1.29, 1.82) is 0 Å². The topological polar surface area (TPSA) is 72.9 Å². The summed E-state index contributed by atoms with van der Waals surface area (Å²) in [4.78, 5) is 26.9. The van der Waals surface area contributed by atoms with E-state index in [0.29, 0.717) is 6.54 Å². The van der Waals surface area contributed by atoms with E-state index >= 15 is 0 Å². The fourth-order valence-electron chi connectivity index (χ4n) is 2.27. The van der Waals surface area contributed by atoms with Gasteiger partial charge in [0.2, 0.25) is 5.91 Å². The molecule has 1 aliphatic heterocycles. The zero-order valence-corrected chi connectivity index (χ0v) is 13.0. The second kappa shape index (κ2) is 7.04. The van der Waals surface area contributed by atoms with Gasteiger partial charge in [0.25, 0.3) is 0 Å². The van der Waals surface area contributed by atoms with Gasteiger partial charge in [0.05, 0.1) is 12.5 Å². The third-order valence-electron chi connectivity index (χ3n) is 3.47. The summed E-state index contributed by atoms with van der Waals surface area (Å²) in [5.41, 5.74) is -0.214. The number of carbonyl (C=O) groups is 2. The van der Waals surface area contributed by atoms with Gasteiger partial charge in [0, 0.05) is 38.3 Å². The van der Waals surface area contributed by atoms with E-state index in [-0.39, 0.29) is 23.9 Å². The summed E-state index contributed by atoms with van der Waals surface area (Å²) in [6.07, 6.45) is 0.181. The van der Waals surface area contributed by atoms with Gasteiger partial charge < -0.3 is 15.3 Å². The highest BCUT2D eigenvalue weighted by molar-refractivity contribution is 5.81. The fraction of sp³-hybridized carbons (Fsp3) is 0.857. The van der Waals surface area contributed by atoms with E-state index in [1.807, 2.05) is 27.7 Å². The summed E-state index contributed by atoms with van der Waals surface area (Å²) in [5, 5.41) is 11.7. The van der Waals surface area contributed by atoms with Crippen molar-refractivity contribution in [1.82, 2.24) is 15.1 Å². The molecule has 6 heteroatoms. The predicted molar refractivity (Wildman–Crippen MR) is 77.6 cm³/mol. The number of nitrogens with zero attached hydrogens (tertiary/aromatic N) is 2. The van der Waals surface area contributed by atoms with Gasteiger partial charge in [0.1, 0.15) is 0 Å². The van der Waals surface area contributed by atoms with Crippen LogP contribution in [0.1, 0.15) is 34.1 Å². The van der Waals surface area contributed by atoms with E-state index in [1.165, 1.54) is 0 Å². The van der Waals surface area contributed by atoms with Gasteiger partial charge in [-0.3, -0.25) is 14.5 Å². The minimum Gasteiger partial charge on any atom is -0.481 e. The van der Waals surface area contributed by atoms with Gasteiger partial charge in [-0.25, -0.2) is 0 Å². The number of piperazine rings is 1. The van der Waals surface area contributed by atoms with Crippen LogP contribution in [0.15, 0.2) is 0 Å². The molecule has 1 rings (SSSR count). The van der Waals surface area contributed by atoms with Crippen LogP contribution < -0.4 is 5.32 Å². The molecule has 0 aliphatic carbocycles. The number of aliphatic carboxylic acids is 1. The monoisotopic (exact) mass is 285 g/mol. The highest BCUT2D eigenvalue weighted by Gasteiger charge is 2.27. The molecule has 20 heavy (non-hydrogen) atoms. The largest absolute Gasteiger partial charge is 0.481 e. The number of carbonyl (C=O) groups excluding carboxylic acids is 1. The SMILES string of the molecule is CC(C(=O)NC(C)(C)C)N1CCN(CCC(=O)O)CC1. The zero-order chi connectivity index (χ0) is 15.3. The molecule has 0 aromatic carbocycles. The maximum Gasteiger partial charge on any atom is 0.304 e. The lowest BCUT2D eigenvalue weighted by Gasteiger charge is -2.38. The molecule has 0 radical (unpaired) electrons. The fourth-order valence-corrected chi connectivity index (χ4v) is 2.27. The van der Waals surface area contributed by atoms with Crippen molar-refractivity contribution in [2.24, 2.45) is 0 Å². The molecule has 1 atom stereocenters. The number of carboxylic acids is 1. The predicted octanol–water partition coefficient (Wildman–Crippen LogP) is 0.382. The zero-order valence-electron chi connectivity index (χ0n) is 13.0. The van der Waals surface area contributed by atoms with Crippen molar-refractivity contribution >= 4 is 11.9 Å². The second-order valence-electron chi connectivity index (χ2n) is 6.44. The highest BCUT2D eigenvalue weighted by atomic mass is 16.4. The van der Waals surface area contributed by atoms with Crippen LogP contribution in [0, 0.1) is 0 Å². The summed E-state index contributed by atoms with van der Waals surface area (Å²) in [7, 11) is 0. The minimum atomic E-state index is -0.759. The third-order valence-corrected chi connectivity index (χ3v) is 3.47. The van der Waals surface area contributed by atoms with Crippen molar-refractivity contribution in [3.8, 4) is 0 Å². The molecule has 116 valence electrons. The third kappa shape index (κ3) is 5.88. The molecule has 0 bridgehead atoms. The number of nitrogens with one attached hydrogen (secondary N) is 1. The van der Waals surface area contributed by atoms with E-state index in [0.717, 1.165) is 26.2 Å². The molecular formula is C14H27N3O3. The second-order valence-corrected chi connectivity index (χ2v) is 6.44. The molecule has 1 saturated heterocycles. The first kappa shape index (κ1) is 16.9. The number of amides is 1. The maximum atomic E-state index is 12.1. The van der Waals surface area contributed by atoms with Crippen LogP contribution in [0.3, 0.4) is 0 Å². The van der Waals surface area contributed by atoms with Crippen molar-refractivity contribution in [2.75, 3.05) is 32.7 Å². The molecule has 1 amide bonds. The lowest BCUT2D eigenvalue weighted by Crippen LogP contribution is -2.56. The van der Waals surface area contributed by atoms with Gasteiger partial charge in [-0.1, -0.05) is 0 Å². The van der Waals surface area contributed by atoms with Crippen LogP contribution in [0.5, 0.6) is 0 Å². The lowest BCUT2D eigenvalue weighted by atomic mass is 10.1. The van der Waals surface area contributed by atoms with E-state index in [1.54, 1.807) is 0 Å². The highest BCUT2D eigenvalue weighted by Crippen LogP contribution is 2.09. The number of hydrogen-bond donors (Lipinski definition) is 2. The van der Waals surface area contributed by atoms with Crippen LogP contribution in [-0.2, 0) is 9.59 Å². The van der Waals surface area contributed by atoms with Crippen molar-refractivity contribution < 1.29 is 14.7 Å². The van der Waals surface area contributed by atoms with Crippen LogP contribution in [-0.4, -0.2) is 71.1 Å². The molecule has 1 heterocycles. The number of carboxylic acid groups (broad SMARTS) is 1. The van der Waals surface area contributed by atoms with E-state index < -0.39 is 5.97 Å². The Bertz CT molecular complexity index is 344. The average Bonchev–Trinajstić information content (AvgIpc) is 2.34. The van der Waals surface area contributed by atoms with Crippen LogP contribution in [0.4, 0.5) is 0 Å². The van der Waals surface area contributed by atoms with Crippen molar-refractivity contribution in [3.05, 3.63) is 0 Å². The molecule has 0 aromatic rings. The first-order valence-corrected chi connectivity index (χ1v) is 7.19. The number of rotatable bonds is 5. The summed E-state index contributed by atoms with van der Waals surface area (Å²) in [6.45, 7) is 11.7. The summed E-state index contributed by atoms with van der Waals surface area (Å²) in [5.74, 6) is -0.707. The van der Waals surface area contributed by atoms with Gasteiger partial charge >= 0.3 is 5.97 Å². The Labute approximate surface area is 121 Å². The standard InChI is InChI=1S/C14H27N3O3/c1-11(13(20)15-14(2,3)4)17-9-7-16(8-10-17)6-5-12(18)19/h11H,5-10H2,1-4H3,(H,15,20)(H,18,19). The quantitative estimate of drug-likeness (QED) is 0.764. The van der Waals surface area contributed by atoms with Gasteiger partial charge in [-0.15, -0.1) is 0 Å². The first-order valence-electron chi connectivity index (χ1n) is 7.19. The molecule has 0 spiro atoms. The Morgan fingerprint density at radius 2 is 1.75 bits per heavy atom. The normalized spacial score (nSPS) is 19.6. The molecule has 0 saturated carbocycles. The Kier molecular flexibility index (Phi) is 5.95. The number of hydrogen-bond acceptors (Lipinski definition) is 4. The summed E-state index contributed by atoms with van der Waals surface area (Å²) < 4.78 is 0. The van der Waals surface area contributed by atoms with E-state index in [4.69, 9.17) is 5.11 Å². The Morgan fingerprint density at radius 1 is 1.20 bits per heavy atom. The molecule has 6 nitrogen and oxygen atoms in total. The molecule has 0 aromatic heterocycles. The summed E-state index contributed by atoms with van der Waals surface area (Å²) in [6, 6.07) is -0.143. The van der Waals surface area contributed by atoms with Gasteiger partial charge in [-0.2, -0.15) is 0 Å². The smallest absolute Gasteiger partial charge is 0.304 e. The minimum absolute atomic E-state index is 0.0523. The van der Waals surface area contributed by atoms with E-state index in [9.17, 15) is 9.59 Å². The van der Waals surface area contributed by atoms with E-state index in [2.05, 4.69) is 15.1 Å². The van der Waals surface area contributed by atoms with Crippen LogP contribution in [0.2, 0.25) is 0 Å². The first-order chi connectivity index (χ1) is 9.19. The maximum absolute atomic E-state index is 12.1.